The van der Waals surface area contributed by atoms with Crippen LogP contribution in [-0.4, -0.2) is 13.2 Å². The number of nitrogens with one attached hydrogen (secondary N) is 1. The zero-order chi connectivity index (χ0) is 18.4. The van der Waals surface area contributed by atoms with Gasteiger partial charge in [0.2, 0.25) is 0 Å². The monoisotopic (exact) mass is 481 g/mol. The second-order valence-electron chi connectivity index (χ2n) is 5.82. The van der Waals surface area contributed by atoms with E-state index in [-0.39, 0.29) is 12.4 Å². The summed E-state index contributed by atoms with van der Waals surface area (Å²) < 4.78 is 12.3. The van der Waals surface area contributed by atoms with Crippen molar-refractivity contribution in [3.63, 3.8) is 0 Å². The van der Waals surface area contributed by atoms with Crippen LogP contribution in [0.3, 0.4) is 0 Å². The topological polar surface area (TPSA) is 30.5 Å². The standard InChI is InChI=1S/C19H22BrCl2NO2.ClH/c1-4-12(2)23-10-13-7-16(20)19(18(8-13)24-3)25-11-14-5-6-15(21)9-17(14)22;/h5-9,12,23H,4,10-11H2,1-3H3;1H. The fourth-order valence-electron chi connectivity index (χ4n) is 2.24. The molecule has 1 unspecified atom stereocenters. The summed E-state index contributed by atoms with van der Waals surface area (Å²) in [5.41, 5.74) is 1.99. The lowest BCUT2D eigenvalue weighted by atomic mass is 10.1. The number of halogens is 4. The van der Waals surface area contributed by atoms with Crippen molar-refractivity contribution >= 4 is 51.5 Å². The second kappa shape index (κ2) is 11.3. The van der Waals surface area contributed by atoms with Gasteiger partial charge in [0, 0.05) is 28.2 Å². The molecule has 0 aliphatic carbocycles. The van der Waals surface area contributed by atoms with Gasteiger partial charge in [-0.15, -0.1) is 12.4 Å². The Kier molecular flexibility index (Phi) is 10.1. The highest BCUT2D eigenvalue weighted by Crippen LogP contribution is 2.37. The molecule has 0 saturated carbocycles. The number of methoxy groups -OCH3 is 1. The van der Waals surface area contributed by atoms with Crippen LogP contribution in [0, 0.1) is 0 Å². The number of hydrogen-bond acceptors (Lipinski definition) is 3. The van der Waals surface area contributed by atoms with Crippen LogP contribution in [0.4, 0.5) is 0 Å². The molecule has 0 aliphatic rings. The SMILES string of the molecule is CCC(C)NCc1cc(Br)c(OCc2ccc(Cl)cc2Cl)c(OC)c1.Cl. The first-order chi connectivity index (χ1) is 11.9. The lowest BCUT2D eigenvalue weighted by Gasteiger charge is -2.16. The molecule has 2 rings (SSSR count). The predicted octanol–water partition coefficient (Wildman–Crippen LogP) is 6.65. The highest BCUT2D eigenvalue weighted by molar-refractivity contribution is 9.10. The smallest absolute Gasteiger partial charge is 0.175 e. The van der Waals surface area contributed by atoms with E-state index < -0.39 is 0 Å². The second-order valence-corrected chi connectivity index (χ2v) is 7.52. The maximum atomic E-state index is 6.20. The van der Waals surface area contributed by atoms with E-state index in [4.69, 9.17) is 32.7 Å². The zero-order valence-corrected chi connectivity index (χ0v) is 18.9. The number of rotatable bonds is 8. The van der Waals surface area contributed by atoms with Crippen molar-refractivity contribution in [1.29, 1.82) is 0 Å². The minimum Gasteiger partial charge on any atom is -0.493 e. The van der Waals surface area contributed by atoms with E-state index in [0.717, 1.165) is 28.6 Å². The van der Waals surface area contributed by atoms with Crippen molar-refractivity contribution in [1.82, 2.24) is 5.32 Å². The summed E-state index contributed by atoms with van der Waals surface area (Å²) >= 11 is 15.7. The summed E-state index contributed by atoms with van der Waals surface area (Å²) in [6.45, 7) is 5.43. The van der Waals surface area contributed by atoms with E-state index in [1.165, 1.54) is 0 Å². The van der Waals surface area contributed by atoms with Crippen molar-refractivity contribution in [3.8, 4) is 11.5 Å². The molecule has 2 aromatic rings. The third-order valence-corrected chi connectivity index (χ3v) is 5.12. The van der Waals surface area contributed by atoms with Crippen molar-refractivity contribution in [2.24, 2.45) is 0 Å². The molecule has 0 saturated heterocycles. The summed E-state index contributed by atoms with van der Waals surface area (Å²) in [6, 6.07) is 9.85. The van der Waals surface area contributed by atoms with Crippen LogP contribution in [0.1, 0.15) is 31.4 Å². The van der Waals surface area contributed by atoms with E-state index in [1.807, 2.05) is 18.2 Å². The Morgan fingerprint density at radius 3 is 2.54 bits per heavy atom. The van der Waals surface area contributed by atoms with Gasteiger partial charge < -0.3 is 14.8 Å². The molecule has 0 aromatic heterocycles. The quantitative estimate of drug-likeness (QED) is 0.456. The molecule has 144 valence electrons. The van der Waals surface area contributed by atoms with Crippen LogP contribution >= 0.6 is 51.5 Å². The molecule has 1 N–H and O–H groups in total. The highest BCUT2D eigenvalue weighted by atomic mass is 79.9. The Morgan fingerprint density at radius 1 is 1.19 bits per heavy atom. The molecule has 0 bridgehead atoms. The minimum absolute atomic E-state index is 0. The van der Waals surface area contributed by atoms with Gasteiger partial charge in [-0.25, -0.2) is 0 Å². The molecule has 0 aliphatic heterocycles. The Morgan fingerprint density at radius 2 is 1.92 bits per heavy atom. The fourth-order valence-corrected chi connectivity index (χ4v) is 3.31. The van der Waals surface area contributed by atoms with E-state index in [2.05, 4.69) is 35.1 Å². The first-order valence-corrected chi connectivity index (χ1v) is 9.66. The van der Waals surface area contributed by atoms with Gasteiger partial charge in [0.05, 0.1) is 11.6 Å². The van der Waals surface area contributed by atoms with Gasteiger partial charge >= 0.3 is 0 Å². The van der Waals surface area contributed by atoms with E-state index in [1.54, 1.807) is 19.2 Å². The van der Waals surface area contributed by atoms with Gasteiger partial charge in [-0.3, -0.25) is 0 Å². The zero-order valence-electron chi connectivity index (χ0n) is 14.9. The molecule has 1 atom stereocenters. The van der Waals surface area contributed by atoms with Crippen molar-refractivity contribution in [2.45, 2.75) is 39.5 Å². The average molecular weight is 484 g/mol. The maximum Gasteiger partial charge on any atom is 0.175 e. The Hall–Kier alpha value is -0.650. The molecular weight excluding hydrogens is 460 g/mol. The van der Waals surface area contributed by atoms with Crippen molar-refractivity contribution in [2.75, 3.05) is 7.11 Å². The van der Waals surface area contributed by atoms with Gasteiger partial charge in [-0.05, 0) is 59.1 Å². The lowest BCUT2D eigenvalue weighted by Crippen LogP contribution is -2.24. The van der Waals surface area contributed by atoms with Crippen LogP contribution < -0.4 is 14.8 Å². The summed E-state index contributed by atoms with van der Waals surface area (Å²) in [5, 5.41) is 4.65. The predicted molar refractivity (Wildman–Crippen MR) is 115 cm³/mol. The van der Waals surface area contributed by atoms with Crippen LogP contribution in [-0.2, 0) is 13.2 Å². The molecule has 0 fully saturated rings. The summed E-state index contributed by atoms with van der Waals surface area (Å²) in [4.78, 5) is 0. The Balaban J connectivity index is 0.00000338. The fraction of sp³-hybridized carbons (Fsp3) is 0.368. The maximum absolute atomic E-state index is 6.20. The molecule has 0 amide bonds. The molecule has 0 radical (unpaired) electrons. The number of benzene rings is 2. The van der Waals surface area contributed by atoms with E-state index in [9.17, 15) is 0 Å². The summed E-state index contributed by atoms with van der Waals surface area (Å²) in [5.74, 6) is 1.33. The third kappa shape index (κ3) is 6.50. The van der Waals surface area contributed by atoms with E-state index in [0.29, 0.717) is 34.2 Å². The van der Waals surface area contributed by atoms with Crippen LogP contribution in [0.15, 0.2) is 34.8 Å². The highest BCUT2D eigenvalue weighted by Gasteiger charge is 2.13. The minimum atomic E-state index is 0. The lowest BCUT2D eigenvalue weighted by molar-refractivity contribution is 0.282. The molecule has 0 spiro atoms. The van der Waals surface area contributed by atoms with Crippen LogP contribution in [0.2, 0.25) is 10.0 Å². The molecule has 26 heavy (non-hydrogen) atoms. The summed E-state index contributed by atoms with van der Waals surface area (Å²) in [7, 11) is 1.63. The van der Waals surface area contributed by atoms with Crippen LogP contribution in [0.5, 0.6) is 11.5 Å². The summed E-state index contributed by atoms with van der Waals surface area (Å²) in [6.07, 6.45) is 1.08. The Bertz CT molecular complexity index is 728. The molecule has 7 heteroatoms. The third-order valence-electron chi connectivity index (χ3n) is 3.94. The molecule has 3 nitrogen and oxygen atoms in total. The van der Waals surface area contributed by atoms with Gasteiger partial charge in [-0.2, -0.15) is 0 Å². The van der Waals surface area contributed by atoms with Gasteiger partial charge in [-0.1, -0.05) is 36.2 Å². The van der Waals surface area contributed by atoms with Crippen LogP contribution in [0.25, 0.3) is 0 Å². The van der Waals surface area contributed by atoms with Crippen molar-refractivity contribution < 1.29 is 9.47 Å². The molecular formula is C19H23BrCl3NO2. The largest absolute Gasteiger partial charge is 0.493 e. The normalized spacial score (nSPS) is 11.6. The first-order valence-electron chi connectivity index (χ1n) is 8.11. The first kappa shape index (κ1) is 23.4. The number of ether oxygens (including phenoxy) is 2. The molecule has 0 heterocycles. The molecule has 2 aromatic carbocycles. The van der Waals surface area contributed by atoms with E-state index >= 15 is 0 Å². The number of hydrogen-bond donors (Lipinski definition) is 1. The van der Waals surface area contributed by atoms with Gasteiger partial charge in [0.1, 0.15) is 6.61 Å². The van der Waals surface area contributed by atoms with Crippen molar-refractivity contribution in [3.05, 3.63) is 56.0 Å². The van der Waals surface area contributed by atoms with Gasteiger partial charge in [0.15, 0.2) is 11.5 Å². The van der Waals surface area contributed by atoms with Gasteiger partial charge in [0.25, 0.3) is 0 Å². The average Bonchev–Trinajstić information content (AvgIpc) is 2.59. The Labute approximate surface area is 179 Å².